The van der Waals surface area contributed by atoms with Crippen LogP contribution in [0.5, 0.6) is 11.5 Å². The number of Topliss-reactive ketones (excluding diaryl/α,β-unsaturated/α-hetero) is 1. The molecule has 0 heterocycles. The third-order valence-electron chi connectivity index (χ3n) is 3.86. The van der Waals surface area contributed by atoms with Gasteiger partial charge in [-0.1, -0.05) is 43.3 Å². The second-order valence-corrected chi connectivity index (χ2v) is 5.67. The number of esters is 1. The normalized spacial score (nSPS) is 10.9. The number of alkyl halides is 2. The van der Waals surface area contributed by atoms with Gasteiger partial charge < -0.3 is 14.2 Å². The summed E-state index contributed by atoms with van der Waals surface area (Å²) in [5.74, 6) is -1.23. The number of ether oxygens (including phenoxy) is 3. The van der Waals surface area contributed by atoms with Gasteiger partial charge in [-0.2, -0.15) is 8.78 Å². The highest BCUT2D eigenvalue weighted by atomic mass is 19.3. The summed E-state index contributed by atoms with van der Waals surface area (Å²) in [6, 6.07) is 11.5. The average Bonchev–Trinajstić information content (AvgIpc) is 2.70. The van der Waals surface area contributed by atoms with E-state index in [4.69, 9.17) is 9.47 Å². The number of carbonyl (C=O) groups is 2. The third kappa shape index (κ3) is 5.90. The molecule has 0 amide bonds. The molecule has 0 aliphatic carbocycles. The van der Waals surface area contributed by atoms with E-state index in [0.29, 0.717) is 5.56 Å². The van der Waals surface area contributed by atoms with Crippen LogP contribution in [0, 0.1) is 0 Å². The first-order chi connectivity index (χ1) is 13.4. The summed E-state index contributed by atoms with van der Waals surface area (Å²) in [5.41, 5.74) is 1.74. The molecule has 0 saturated carbocycles. The second kappa shape index (κ2) is 10.2. The van der Waals surface area contributed by atoms with E-state index < -0.39 is 19.2 Å². The van der Waals surface area contributed by atoms with Crippen molar-refractivity contribution in [3.05, 3.63) is 65.2 Å². The lowest BCUT2D eigenvalue weighted by molar-refractivity contribution is -0.136. The van der Waals surface area contributed by atoms with Crippen LogP contribution in [0.4, 0.5) is 8.78 Å². The van der Waals surface area contributed by atoms with Crippen LogP contribution in [0.15, 0.2) is 48.5 Å². The van der Waals surface area contributed by atoms with Crippen molar-refractivity contribution in [2.24, 2.45) is 0 Å². The highest BCUT2D eigenvalue weighted by Gasteiger charge is 2.14. The Hall–Kier alpha value is -3.22. The SMILES string of the molecule is CCc1ccc(C(=O)COC(=O)/C=C/c2cccc(OC)c2OC(F)F)cc1. The molecule has 0 bridgehead atoms. The molecule has 7 heteroatoms. The minimum Gasteiger partial charge on any atom is -0.493 e. The van der Waals surface area contributed by atoms with Crippen LogP contribution in [0.1, 0.15) is 28.4 Å². The number of rotatable bonds is 9. The van der Waals surface area contributed by atoms with Crippen molar-refractivity contribution in [3.63, 3.8) is 0 Å². The van der Waals surface area contributed by atoms with E-state index in [2.05, 4.69) is 4.74 Å². The number of aryl methyl sites for hydroxylation is 1. The van der Waals surface area contributed by atoms with E-state index in [-0.39, 0.29) is 22.8 Å². The van der Waals surface area contributed by atoms with Crippen LogP contribution in [0.25, 0.3) is 6.08 Å². The summed E-state index contributed by atoms with van der Waals surface area (Å²) in [6.45, 7) is -1.47. The number of benzene rings is 2. The molecule has 0 fully saturated rings. The Balaban J connectivity index is 2.00. The van der Waals surface area contributed by atoms with Crippen LogP contribution in [-0.2, 0) is 16.0 Å². The first kappa shape index (κ1) is 21.1. The Labute approximate surface area is 161 Å². The standard InChI is InChI=1S/C21H20F2O5/c1-3-14-7-9-15(10-8-14)17(24)13-27-19(25)12-11-16-5-4-6-18(26-2)20(16)28-21(22)23/h4-12,21H,3,13H2,1-2H3/b12-11+. The van der Waals surface area contributed by atoms with Gasteiger partial charge in [0.2, 0.25) is 0 Å². The maximum atomic E-state index is 12.6. The van der Waals surface area contributed by atoms with Gasteiger partial charge >= 0.3 is 12.6 Å². The minimum atomic E-state index is -3.05. The molecule has 0 spiro atoms. The smallest absolute Gasteiger partial charge is 0.387 e. The molecule has 2 rings (SSSR count). The maximum Gasteiger partial charge on any atom is 0.387 e. The van der Waals surface area contributed by atoms with Crippen molar-refractivity contribution < 1.29 is 32.6 Å². The third-order valence-corrected chi connectivity index (χ3v) is 3.86. The largest absolute Gasteiger partial charge is 0.493 e. The maximum absolute atomic E-state index is 12.6. The summed E-state index contributed by atoms with van der Waals surface area (Å²) in [7, 11) is 1.31. The van der Waals surface area contributed by atoms with Gasteiger partial charge in [0.05, 0.1) is 7.11 Å². The van der Waals surface area contributed by atoms with E-state index in [1.807, 2.05) is 19.1 Å². The Morgan fingerprint density at radius 1 is 1.11 bits per heavy atom. The molecular weight excluding hydrogens is 370 g/mol. The fourth-order valence-electron chi connectivity index (χ4n) is 2.39. The van der Waals surface area contributed by atoms with Gasteiger partial charge in [-0.05, 0) is 24.1 Å². The topological polar surface area (TPSA) is 61.8 Å². The van der Waals surface area contributed by atoms with E-state index in [9.17, 15) is 18.4 Å². The first-order valence-corrected chi connectivity index (χ1v) is 8.53. The van der Waals surface area contributed by atoms with Crippen molar-refractivity contribution in [2.45, 2.75) is 20.0 Å². The predicted octanol–water partition coefficient (Wildman–Crippen LogP) is 4.30. The van der Waals surface area contributed by atoms with E-state index in [1.165, 1.54) is 25.3 Å². The molecule has 0 atom stereocenters. The molecule has 2 aromatic rings. The predicted molar refractivity (Wildman–Crippen MR) is 99.8 cm³/mol. The summed E-state index contributed by atoms with van der Waals surface area (Å²) in [6.07, 6.45) is 3.14. The summed E-state index contributed by atoms with van der Waals surface area (Å²) >= 11 is 0. The van der Waals surface area contributed by atoms with Gasteiger partial charge in [0.1, 0.15) is 0 Å². The number of ketones is 1. The zero-order valence-electron chi connectivity index (χ0n) is 15.5. The lowest BCUT2D eigenvalue weighted by atomic mass is 10.1. The monoisotopic (exact) mass is 390 g/mol. The summed E-state index contributed by atoms with van der Waals surface area (Å²) < 4.78 is 39.6. The lowest BCUT2D eigenvalue weighted by Crippen LogP contribution is -2.12. The number of methoxy groups -OCH3 is 1. The Kier molecular flexibility index (Phi) is 7.68. The van der Waals surface area contributed by atoms with Crippen LogP contribution < -0.4 is 9.47 Å². The molecule has 2 aromatic carbocycles. The zero-order valence-corrected chi connectivity index (χ0v) is 15.5. The van der Waals surface area contributed by atoms with Gasteiger partial charge in [-0.25, -0.2) is 4.79 Å². The number of carbonyl (C=O) groups excluding carboxylic acids is 2. The molecular formula is C21H20F2O5. The zero-order chi connectivity index (χ0) is 20.5. The van der Waals surface area contributed by atoms with E-state index >= 15 is 0 Å². The average molecular weight is 390 g/mol. The number of hydrogen-bond acceptors (Lipinski definition) is 5. The minimum absolute atomic E-state index is 0.0986. The molecule has 0 saturated heterocycles. The van der Waals surface area contributed by atoms with E-state index in [0.717, 1.165) is 18.1 Å². The van der Waals surface area contributed by atoms with E-state index in [1.54, 1.807) is 18.2 Å². The molecule has 0 aliphatic heterocycles. The summed E-state index contributed by atoms with van der Waals surface area (Å²) in [4.78, 5) is 23.9. The van der Waals surface area contributed by atoms with Gasteiger partial charge in [0.15, 0.2) is 23.9 Å². The van der Waals surface area contributed by atoms with Crippen molar-refractivity contribution in [2.75, 3.05) is 13.7 Å². The van der Waals surface area contributed by atoms with Crippen molar-refractivity contribution in [3.8, 4) is 11.5 Å². The first-order valence-electron chi connectivity index (χ1n) is 8.53. The highest BCUT2D eigenvalue weighted by molar-refractivity contribution is 5.99. The molecule has 0 aliphatic rings. The van der Waals surface area contributed by atoms with Gasteiger partial charge in [0.25, 0.3) is 0 Å². The summed E-state index contributed by atoms with van der Waals surface area (Å²) in [5, 5.41) is 0. The van der Waals surface area contributed by atoms with Crippen LogP contribution in [-0.4, -0.2) is 32.1 Å². The molecule has 5 nitrogen and oxygen atoms in total. The quantitative estimate of drug-likeness (QED) is 0.363. The molecule has 0 unspecified atom stereocenters. The van der Waals surface area contributed by atoms with Crippen LogP contribution in [0.2, 0.25) is 0 Å². The molecule has 148 valence electrons. The molecule has 0 aromatic heterocycles. The lowest BCUT2D eigenvalue weighted by Gasteiger charge is -2.12. The van der Waals surface area contributed by atoms with Crippen LogP contribution in [0.3, 0.4) is 0 Å². The van der Waals surface area contributed by atoms with Gasteiger partial charge in [-0.3, -0.25) is 4.79 Å². The second-order valence-electron chi connectivity index (χ2n) is 5.67. The molecule has 28 heavy (non-hydrogen) atoms. The van der Waals surface area contributed by atoms with Gasteiger partial charge in [0, 0.05) is 17.2 Å². The number of halogens is 2. The highest BCUT2D eigenvalue weighted by Crippen LogP contribution is 2.33. The molecule has 0 N–H and O–H groups in total. The van der Waals surface area contributed by atoms with Crippen molar-refractivity contribution in [1.82, 2.24) is 0 Å². The molecule has 0 radical (unpaired) electrons. The Morgan fingerprint density at radius 2 is 1.82 bits per heavy atom. The van der Waals surface area contributed by atoms with Crippen LogP contribution >= 0.6 is 0 Å². The fourth-order valence-corrected chi connectivity index (χ4v) is 2.39. The van der Waals surface area contributed by atoms with Gasteiger partial charge in [-0.15, -0.1) is 0 Å². The Morgan fingerprint density at radius 3 is 2.43 bits per heavy atom. The number of hydrogen-bond donors (Lipinski definition) is 0. The number of para-hydroxylation sites is 1. The van der Waals surface area contributed by atoms with Crippen molar-refractivity contribution in [1.29, 1.82) is 0 Å². The fraction of sp³-hybridized carbons (Fsp3) is 0.238. The Bertz CT molecular complexity index is 844. The van der Waals surface area contributed by atoms with Crippen molar-refractivity contribution >= 4 is 17.8 Å².